The molecule has 7 rings (SSSR count). The molecule has 11 nitrogen and oxygen atoms in total. The lowest BCUT2D eigenvalue weighted by atomic mass is 9.93. The number of nitrogens with zero attached hydrogens (tertiary/aromatic N) is 7. The predicted octanol–water partition coefficient (Wildman–Crippen LogP) is 3.36. The lowest BCUT2D eigenvalue weighted by molar-refractivity contribution is 0.0939. The highest BCUT2D eigenvalue weighted by Gasteiger charge is 2.31. The van der Waals surface area contributed by atoms with Crippen molar-refractivity contribution in [3.8, 4) is 17.5 Å². The molecular formula is C36H34N8O3. The minimum absolute atomic E-state index is 0.137. The fourth-order valence-corrected chi connectivity index (χ4v) is 6.48. The second-order valence-electron chi connectivity index (χ2n) is 11.9. The number of benzene rings is 2. The van der Waals surface area contributed by atoms with Gasteiger partial charge >= 0.3 is 0 Å². The molecule has 0 bridgehead atoms. The van der Waals surface area contributed by atoms with Crippen molar-refractivity contribution < 1.29 is 9.90 Å². The molecule has 6 aromatic rings. The largest absolute Gasteiger partial charge is 0.395 e. The summed E-state index contributed by atoms with van der Waals surface area (Å²) < 4.78 is 5.10. The first-order valence-corrected chi connectivity index (χ1v) is 15.6. The monoisotopic (exact) mass is 626 g/mol. The van der Waals surface area contributed by atoms with Gasteiger partial charge in [0.2, 0.25) is 0 Å². The van der Waals surface area contributed by atoms with Crippen molar-refractivity contribution in [2.75, 3.05) is 26.2 Å². The number of para-hydroxylation sites is 1. The van der Waals surface area contributed by atoms with Crippen LogP contribution in [-0.2, 0) is 7.05 Å². The first kappa shape index (κ1) is 30.1. The van der Waals surface area contributed by atoms with Crippen LogP contribution in [0.3, 0.4) is 0 Å². The highest BCUT2D eigenvalue weighted by atomic mass is 16.3. The van der Waals surface area contributed by atoms with Crippen LogP contribution in [0.25, 0.3) is 22.1 Å². The SMILES string of the molecule is Cc1nn2cccnc2c1C(=O)N[C@@H](C)c1cc2cccc(C#Cc3cnn(C)c3C3CN(CCO)C3)c2c(=O)n1-c1ccccc1. The summed E-state index contributed by atoms with van der Waals surface area (Å²) in [6.45, 7) is 6.12. The number of likely N-dealkylation sites (tertiary alicyclic amines) is 1. The van der Waals surface area contributed by atoms with E-state index in [0.29, 0.717) is 45.8 Å². The van der Waals surface area contributed by atoms with Crippen LogP contribution >= 0.6 is 0 Å². The van der Waals surface area contributed by atoms with E-state index in [-0.39, 0.29) is 24.0 Å². The average molecular weight is 627 g/mol. The van der Waals surface area contributed by atoms with E-state index in [2.05, 4.69) is 37.2 Å². The van der Waals surface area contributed by atoms with E-state index in [1.807, 2.05) is 73.3 Å². The van der Waals surface area contributed by atoms with Gasteiger partial charge in [-0.15, -0.1) is 0 Å². The molecule has 0 aliphatic carbocycles. The molecule has 47 heavy (non-hydrogen) atoms. The van der Waals surface area contributed by atoms with E-state index in [4.69, 9.17) is 0 Å². The number of hydrogen-bond donors (Lipinski definition) is 2. The summed E-state index contributed by atoms with van der Waals surface area (Å²) in [6.07, 6.45) is 5.15. The molecule has 0 spiro atoms. The maximum atomic E-state index is 14.5. The zero-order valence-electron chi connectivity index (χ0n) is 26.4. The van der Waals surface area contributed by atoms with Crippen molar-refractivity contribution >= 4 is 22.3 Å². The highest BCUT2D eigenvalue weighted by molar-refractivity contribution is 6.01. The number of aliphatic hydroxyl groups is 1. The molecule has 0 saturated carbocycles. The number of nitrogens with one attached hydrogen (secondary N) is 1. The Hall–Kier alpha value is -5.57. The Balaban J connectivity index is 1.29. The molecule has 1 aliphatic heterocycles. The number of pyridine rings is 1. The van der Waals surface area contributed by atoms with Gasteiger partial charge in [0.15, 0.2) is 5.65 Å². The van der Waals surface area contributed by atoms with E-state index in [9.17, 15) is 14.7 Å². The van der Waals surface area contributed by atoms with Crippen LogP contribution in [0.1, 0.15) is 57.5 Å². The van der Waals surface area contributed by atoms with Gasteiger partial charge < -0.3 is 10.4 Å². The zero-order valence-corrected chi connectivity index (χ0v) is 26.4. The lowest BCUT2D eigenvalue weighted by Crippen LogP contribution is -2.47. The third-order valence-electron chi connectivity index (χ3n) is 8.75. The first-order valence-electron chi connectivity index (χ1n) is 15.6. The maximum Gasteiger partial charge on any atom is 0.264 e. The van der Waals surface area contributed by atoms with Gasteiger partial charge in [0.1, 0.15) is 5.56 Å². The summed E-state index contributed by atoms with van der Waals surface area (Å²) in [6, 6.07) is 18.2. The van der Waals surface area contributed by atoms with Gasteiger partial charge in [0.05, 0.1) is 41.2 Å². The van der Waals surface area contributed by atoms with Gasteiger partial charge in [0.25, 0.3) is 11.5 Å². The Morgan fingerprint density at radius 1 is 1.09 bits per heavy atom. The maximum absolute atomic E-state index is 14.5. The molecule has 1 fully saturated rings. The number of hydrogen-bond acceptors (Lipinski definition) is 7. The molecule has 1 atom stereocenters. The zero-order chi connectivity index (χ0) is 32.7. The van der Waals surface area contributed by atoms with Crippen molar-refractivity contribution in [3.63, 3.8) is 0 Å². The van der Waals surface area contributed by atoms with E-state index in [1.54, 1.807) is 40.7 Å². The number of carbonyl (C=O) groups excluding carboxylic acids is 1. The number of rotatable bonds is 7. The van der Waals surface area contributed by atoms with Crippen molar-refractivity contribution in [2.24, 2.45) is 7.05 Å². The Kier molecular flexibility index (Phi) is 7.89. The normalized spacial score (nSPS) is 14.1. The van der Waals surface area contributed by atoms with Crippen LogP contribution < -0.4 is 10.9 Å². The second-order valence-corrected chi connectivity index (χ2v) is 11.9. The Morgan fingerprint density at radius 2 is 1.87 bits per heavy atom. The van der Waals surface area contributed by atoms with Gasteiger partial charge in [-0.25, -0.2) is 9.50 Å². The standard InChI is InChI=1S/C36H34N8O3/c1-23(39-35(46)31-24(2)40-43-16-8-15-37-34(31)43)30-19-26-10-7-9-25(32(26)36(47)44(30)29-11-5-4-6-12-29)13-14-27-20-38-41(3)33(27)28-21-42(22-28)17-18-45/h4-12,15-16,19-20,23,28,45H,17-18,21-22H2,1-3H3,(H,39,46)/t23-/m0/s1. The summed E-state index contributed by atoms with van der Waals surface area (Å²) in [5, 5.41) is 22.5. The summed E-state index contributed by atoms with van der Waals surface area (Å²) in [4.78, 5) is 34.7. The number of carbonyl (C=O) groups is 1. The van der Waals surface area contributed by atoms with E-state index >= 15 is 0 Å². The molecule has 11 heteroatoms. The number of aromatic nitrogens is 6. The quantitative estimate of drug-likeness (QED) is 0.261. The van der Waals surface area contributed by atoms with Crippen LogP contribution in [0.2, 0.25) is 0 Å². The highest BCUT2D eigenvalue weighted by Crippen LogP contribution is 2.29. The van der Waals surface area contributed by atoms with Crippen LogP contribution in [0.15, 0.2) is 84.0 Å². The fraction of sp³-hybridized carbons (Fsp3) is 0.250. The molecule has 236 valence electrons. The van der Waals surface area contributed by atoms with Gasteiger partial charge in [-0.05, 0) is 49.6 Å². The van der Waals surface area contributed by atoms with Gasteiger partial charge in [-0.3, -0.25) is 23.7 Å². The van der Waals surface area contributed by atoms with Gasteiger partial charge in [0, 0.05) is 61.9 Å². The summed E-state index contributed by atoms with van der Waals surface area (Å²) in [5.74, 6) is 6.54. The van der Waals surface area contributed by atoms with Crippen LogP contribution in [0.4, 0.5) is 0 Å². The van der Waals surface area contributed by atoms with Crippen LogP contribution in [0.5, 0.6) is 0 Å². The number of aliphatic hydroxyl groups excluding tert-OH is 1. The molecule has 1 amide bonds. The van der Waals surface area contributed by atoms with Crippen LogP contribution in [-0.4, -0.2) is 71.1 Å². The molecule has 1 aliphatic rings. The summed E-state index contributed by atoms with van der Waals surface area (Å²) in [7, 11) is 1.92. The molecular weight excluding hydrogens is 592 g/mol. The minimum Gasteiger partial charge on any atom is -0.395 e. The molecule has 2 aromatic carbocycles. The van der Waals surface area contributed by atoms with Gasteiger partial charge in [-0.2, -0.15) is 10.2 Å². The Bertz CT molecular complexity index is 2250. The van der Waals surface area contributed by atoms with Crippen LogP contribution in [0, 0.1) is 18.8 Å². The lowest BCUT2D eigenvalue weighted by Gasteiger charge is -2.39. The molecule has 4 aromatic heterocycles. The number of aryl methyl sites for hydroxylation is 2. The third kappa shape index (κ3) is 5.48. The Labute approximate surface area is 271 Å². The summed E-state index contributed by atoms with van der Waals surface area (Å²) >= 11 is 0. The van der Waals surface area contributed by atoms with Gasteiger partial charge in [-0.1, -0.05) is 42.2 Å². The minimum atomic E-state index is -0.543. The molecule has 0 radical (unpaired) electrons. The average Bonchev–Trinajstić information content (AvgIpc) is 3.59. The first-order chi connectivity index (χ1) is 22.8. The molecule has 0 unspecified atom stereocenters. The smallest absolute Gasteiger partial charge is 0.264 e. The van der Waals surface area contributed by atoms with Crippen molar-refractivity contribution in [1.29, 1.82) is 0 Å². The van der Waals surface area contributed by atoms with Crippen molar-refractivity contribution in [2.45, 2.75) is 25.8 Å². The predicted molar refractivity (Wildman–Crippen MR) is 179 cm³/mol. The molecule has 2 N–H and O–H groups in total. The van der Waals surface area contributed by atoms with E-state index < -0.39 is 6.04 Å². The number of amides is 1. The fourth-order valence-electron chi connectivity index (χ4n) is 6.48. The molecule has 1 saturated heterocycles. The number of β-amino-alcohol motifs (C(OH)–C–C–N with tert-alkyl or cyclic N) is 1. The van der Waals surface area contributed by atoms with E-state index in [1.165, 1.54) is 0 Å². The third-order valence-corrected chi connectivity index (χ3v) is 8.75. The molecule has 5 heterocycles. The second kappa shape index (κ2) is 12.3. The van der Waals surface area contributed by atoms with Crippen molar-refractivity contribution in [3.05, 3.63) is 123 Å². The Morgan fingerprint density at radius 3 is 2.66 bits per heavy atom. The summed E-state index contributed by atoms with van der Waals surface area (Å²) in [5.41, 5.74) is 4.99. The topological polar surface area (TPSA) is 123 Å². The number of fused-ring (bicyclic) bond motifs is 2. The van der Waals surface area contributed by atoms with E-state index in [0.717, 1.165) is 29.7 Å². The van der Waals surface area contributed by atoms with Crippen molar-refractivity contribution in [1.82, 2.24) is 39.2 Å².